The van der Waals surface area contributed by atoms with Gasteiger partial charge in [0.15, 0.2) is 0 Å². The highest BCUT2D eigenvalue weighted by Crippen LogP contribution is 2.36. The van der Waals surface area contributed by atoms with Crippen LogP contribution in [0.15, 0.2) is 18.3 Å². The SMILES string of the molecule is Cc1ccc(C(=O)N2C3CCC2CC(N)C3)cn1. The first-order valence-electron chi connectivity index (χ1n) is 6.66. The van der Waals surface area contributed by atoms with Crippen LogP contribution in [0.25, 0.3) is 0 Å². The fourth-order valence-electron chi connectivity index (χ4n) is 3.29. The third-order valence-electron chi connectivity index (χ3n) is 4.16. The van der Waals surface area contributed by atoms with Crippen LogP contribution < -0.4 is 5.73 Å². The number of hydrogen-bond acceptors (Lipinski definition) is 3. The van der Waals surface area contributed by atoms with E-state index >= 15 is 0 Å². The second-order valence-corrected chi connectivity index (χ2v) is 5.52. The molecule has 3 rings (SSSR count). The van der Waals surface area contributed by atoms with Gasteiger partial charge < -0.3 is 10.6 Å². The average Bonchev–Trinajstić information content (AvgIpc) is 2.62. The first-order chi connectivity index (χ1) is 8.65. The van der Waals surface area contributed by atoms with Gasteiger partial charge in [0.1, 0.15) is 0 Å². The molecule has 2 aliphatic rings. The topological polar surface area (TPSA) is 59.2 Å². The third kappa shape index (κ3) is 1.90. The molecule has 0 aromatic carbocycles. The number of carbonyl (C=O) groups excluding carboxylic acids is 1. The van der Waals surface area contributed by atoms with Gasteiger partial charge in [-0.05, 0) is 44.7 Å². The average molecular weight is 245 g/mol. The Bertz CT molecular complexity index is 443. The number of hydrogen-bond donors (Lipinski definition) is 1. The van der Waals surface area contributed by atoms with E-state index < -0.39 is 0 Å². The summed E-state index contributed by atoms with van der Waals surface area (Å²) in [6.45, 7) is 1.93. The quantitative estimate of drug-likeness (QED) is 0.815. The molecule has 1 aromatic rings. The Hall–Kier alpha value is -1.42. The molecule has 2 bridgehead atoms. The van der Waals surface area contributed by atoms with Crippen molar-refractivity contribution in [3.8, 4) is 0 Å². The summed E-state index contributed by atoms with van der Waals surface area (Å²) in [7, 11) is 0. The highest BCUT2D eigenvalue weighted by atomic mass is 16.2. The smallest absolute Gasteiger partial charge is 0.255 e. The zero-order valence-electron chi connectivity index (χ0n) is 10.7. The molecule has 2 unspecified atom stereocenters. The summed E-state index contributed by atoms with van der Waals surface area (Å²) in [6, 6.07) is 4.71. The zero-order chi connectivity index (χ0) is 12.7. The lowest BCUT2D eigenvalue weighted by Gasteiger charge is -2.37. The molecule has 4 heteroatoms. The minimum absolute atomic E-state index is 0.127. The summed E-state index contributed by atoms with van der Waals surface area (Å²) in [4.78, 5) is 18.8. The van der Waals surface area contributed by atoms with E-state index in [0.717, 1.165) is 31.4 Å². The Morgan fingerprint density at radius 1 is 1.33 bits per heavy atom. The van der Waals surface area contributed by atoms with Crippen molar-refractivity contribution in [2.75, 3.05) is 0 Å². The summed E-state index contributed by atoms with van der Waals surface area (Å²) in [5, 5.41) is 0. The highest BCUT2D eigenvalue weighted by molar-refractivity contribution is 5.94. The number of aromatic nitrogens is 1. The molecule has 18 heavy (non-hydrogen) atoms. The monoisotopic (exact) mass is 245 g/mol. The van der Waals surface area contributed by atoms with E-state index in [-0.39, 0.29) is 11.9 Å². The van der Waals surface area contributed by atoms with Gasteiger partial charge in [0.05, 0.1) is 5.56 Å². The molecule has 2 aliphatic heterocycles. The van der Waals surface area contributed by atoms with Crippen molar-refractivity contribution in [1.82, 2.24) is 9.88 Å². The molecular weight excluding hydrogens is 226 g/mol. The molecule has 96 valence electrons. The summed E-state index contributed by atoms with van der Waals surface area (Å²) in [6.07, 6.45) is 5.78. The number of aryl methyl sites for hydroxylation is 1. The lowest BCUT2D eigenvalue weighted by molar-refractivity contribution is 0.0574. The van der Waals surface area contributed by atoms with Crippen LogP contribution in [0.4, 0.5) is 0 Å². The van der Waals surface area contributed by atoms with Gasteiger partial charge >= 0.3 is 0 Å². The lowest BCUT2D eigenvalue weighted by Crippen LogP contribution is -2.50. The molecule has 0 spiro atoms. The van der Waals surface area contributed by atoms with Gasteiger partial charge in [-0.3, -0.25) is 9.78 Å². The predicted molar refractivity (Wildman–Crippen MR) is 69.2 cm³/mol. The van der Waals surface area contributed by atoms with Gasteiger partial charge in [-0.25, -0.2) is 0 Å². The highest BCUT2D eigenvalue weighted by Gasteiger charge is 2.42. The Morgan fingerprint density at radius 2 is 2.00 bits per heavy atom. The zero-order valence-corrected chi connectivity index (χ0v) is 10.7. The van der Waals surface area contributed by atoms with Crippen molar-refractivity contribution >= 4 is 5.91 Å². The molecule has 0 aliphatic carbocycles. The maximum absolute atomic E-state index is 12.5. The molecule has 2 fully saturated rings. The fraction of sp³-hybridized carbons (Fsp3) is 0.571. The summed E-state index contributed by atoms with van der Waals surface area (Å²) in [5.74, 6) is 0.127. The molecule has 4 nitrogen and oxygen atoms in total. The minimum Gasteiger partial charge on any atom is -0.333 e. The van der Waals surface area contributed by atoms with Crippen molar-refractivity contribution in [3.05, 3.63) is 29.6 Å². The first kappa shape index (κ1) is 11.7. The Labute approximate surface area is 107 Å². The Morgan fingerprint density at radius 3 is 2.56 bits per heavy atom. The van der Waals surface area contributed by atoms with Crippen LogP contribution in [0.2, 0.25) is 0 Å². The van der Waals surface area contributed by atoms with Crippen molar-refractivity contribution in [2.24, 2.45) is 5.73 Å². The fourth-order valence-corrected chi connectivity index (χ4v) is 3.29. The summed E-state index contributed by atoms with van der Waals surface area (Å²) in [5.41, 5.74) is 7.67. The normalized spacial score (nSPS) is 30.6. The third-order valence-corrected chi connectivity index (χ3v) is 4.16. The van der Waals surface area contributed by atoms with Crippen LogP contribution in [0, 0.1) is 6.92 Å². The number of nitrogens with zero attached hydrogens (tertiary/aromatic N) is 2. The van der Waals surface area contributed by atoms with Crippen LogP contribution in [0.3, 0.4) is 0 Å². The summed E-state index contributed by atoms with van der Waals surface area (Å²) >= 11 is 0. The lowest BCUT2D eigenvalue weighted by atomic mass is 9.97. The molecular formula is C14H19N3O. The van der Waals surface area contributed by atoms with Gasteiger partial charge in [-0.15, -0.1) is 0 Å². The van der Waals surface area contributed by atoms with Gasteiger partial charge in [-0.1, -0.05) is 0 Å². The number of piperidine rings is 1. The van der Waals surface area contributed by atoms with E-state index in [2.05, 4.69) is 9.88 Å². The predicted octanol–water partition coefficient (Wildman–Crippen LogP) is 1.48. The number of nitrogens with two attached hydrogens (primary N) is 1. The standard InChI is InChI=1S/C14H19N3O/c1-9-2-3-10(8-16-9)14(18)17-12-4-5-13(17)7-11(15)6-12/h2-3,8,11-13H,4-7,15H2,1H3. The van der Waals surface area contributed by atoms with E-state index in [1.807, 2.05) is 19.1 Å². The summed E-state index contributed by atoms with van der Waals surface area (Å²) < 4.78 is 0. The molecule has 2 atom stereocenters. The molecule has 0 saturated carbocycles. The van der Waals surface area contributed by atoms with E-state index in [4.69, 9.17) is 5.73 Å². The van der Waals surface area contributed by atoms with Gasteiger partial charge in [0.25, 0.3) is 5.91 Å². The van der Waals surface area contributed by atoms with Crippen LogP contribution in [0.1, 0.15) is 41.7 Å². The van der Waals surface area contributed by atoms with Gasteiger partial charge in [0, 0.05) is 30.0 Å². The van der Waals surface area contributed by atoms with Crippen molar-refractivity contribution in [1.29, 1.82) is 0 Å². The number of carbonyl (C=O) groups is 1. The van der Waals surface area contributed by atoms with E-state index in [0.29, 0.717) is 17.6 Å². The van der Waals surface area contributed by atoms with E-state index in [9.17, 15) is 4.79 Å². The van der Waals surface area contributed by atoms with E-state index in [1.54, 1.807) is 6.20 Å². The maximum Gasteiger partial charge on any atom is 0.255 e. The molecule has 0 radical (unpaired) electrons. The molecule has 1 amide bonds. The molecule has 2 N–H and O–H groups in total. The van der Waals surface area contributed by atoms with Crippen LogP contribution >= 0.6 is 0 Å². The van der Waals surface area contributed by atoms with Crippen LogP contribution in [-0.2, 0) is 0 Å². The molecule has 2 saturated heterocycles. The van der Waals surface area contributed by atoms with Crippen LogP contribution in [0.5, 0.6) is 0 Å². The number of pyridine rings is 1. The van der Waals surface area contributed by atoms with Crippen molar-refractivity contribution in [3.63, 3.8) is 0 Å². The Balaban J connectivity index is 1.83. The van der Waals surface area contributed by atoms with Gasteiger partial charge in [0.2, 0.25) is 0 Å². The van der Waals surface area contributed by atoms with E-state index in [1.165, 1.54) is 0 Å². The van der Waals surface area contributed by atoms with Crippen molar-refractivity contribution < 1.29 is 4.79 Å². The minimum atomic E-state index is 0.127. The number of rotatable bonds is 1. The molecule has 1 aromatic heterocycles. The Kier molecular flexibility index (Phi) is 2.82. The second kappa shape index (κ2) is 4.35. The first-order valence-corrected chi connectivity index (χ1v) is 6.66. The van der Waals surface area contributed by atoms with Gasteiger partial charge in [-0.2, -0.15) is 0 Å². The van der Waals surface area contributed by atoms with Crippen molar-refractivity contribution in [2.45, 2.75) is 50.7 Å². The van der Waals surface area contributed by atoms with Crippen LogP contribution in [-0.4, -0.2) is 33.9 Å². The maximum atomic E-state index is 12.5. The number of fused-ring (bicyclic) bond motifs is 2. The largest absolute Gasteiger partial charge is 0.333 e. The number of amides is 1. The second-order valence-electron chi connectivity index (χ2n) is 5.52. The molecule has 3 heterocycles.